The van der Waals surface area contributed by atoms with Gasteiger partial charge >= 0.3 is 0 Å². The van der Waals surface area contributed by atoms with E-state index >= 15 is 0 Å². The Morgan fingerprint density at radius 1 is 1.37 bits per heavy atom. The van der Waals surface area contributed by atoms with Crippen molar-refractivity contribution in [3.05, 3.63) is 39.9 Å². The standard InChI is InChI=1S/C13H18N2O4/c1-13(2,9-16)14(3)12(17)8-10-4-6-11(7-5-10)15(18)19/h4-7,16H,8-9H2,1-3H3. The van der Waals surface area contributed by atoms with Crippen LogP contribution in [0.1, 0.15) is 19.4 Å². The van der Waals surface area contributed by atoms with E-state index in [0.717, 1.165) is 0 Å². The minimum Gasteiger partial charge on any atom is -0.394 e. The van der Waals surface area contributed by atoms with Crippen LogP contribution in [0, 0.1) is 10.1 Å². The molecule has 0 aliphatic carbocycles. The van der Waals surface area contributed by atoms with Crippen LogP contribution in [0.15, 0.2) is 24.3 Å². The molecule has 1 rings (SSSR count). The number of nitro benzene ring substituents is 1. The Bertz CT molecular complexity index is 468. The fourth-order valence-electron chi connectivity index (χ4n) is 1.47. The molecule has 0 unspecified atom stereocenters. The molecule has 1 N–H and O–H groups in total. The molecule has 0 spiro atoms. The van der Waals surface area contributed by atoms with Gasteiger partial charge in [0.05, 0.1) is 23.5 Å². The van der Waals surface area contributed by atoms with Crippen molar-refractivity contribution in [1.82, 2.24) is 4.90 Å². The second kappa shape index (κ2) is 5.79. The number of carbonyl (C=O) groups excluding carboxylic acids is 1. The van der Waals surface area contributed by atoms with E-state index in [1.54, 1.807) is 33.0 Å². The maximum absolute atomic E-state index is 12.0. The number of non-ortho nitro benzene ring substituents is 1. The molecule has 0 heterocycles. The third-order valence-electron chi connectivity index (χ3n) is 3.17. The fraction of sp³-hybridized carbons (Fsp3) is 0.462. The molecule has 104 valence electrons. The zero-order chi connectivity index (χ0) is 14.6. The third kappa shape index (κ3) is 3.75. The summed E-state index contributed by atoms with van der Waals surface area (Å²) < 4.78 is 0. The first kappa shape index (κ1) is 15.1. The fourth-order valence-corrected chi connectivity index (χ4v) is 1.47. The summed E-state index contributed by atoms with van der Waals surface area (Å²) in [6.45, 7) is 3.40. The number of likely N-dealkylation sites (N-methyl/N-ethyl adjacent to an activating group) is 1. The Balaban J connectivity index is 2.74. The molecular formula is C13H18N2O4. The average Bonchev–Trinajstić information content (AvgIpc) is 2.38. The minimum atomic E-state index is -0.627. The van der Waals surface area contributed by atoms with E-state index in [2.05, 4.69) is 0 Å². The van der Waals surface area contributed by atoms with Gasteiger partial charge < -0.3 is 10.0 Å². The SMILES string of the molecule is CN(C(=O)Cc1ccc([N+](=O)[O-])cc1)C(C)(C)CO. The van der Waals surface area contributed by atoms with E-state index in [9.17, 15) is 20.0 Å². The number of hydrogen-bond acceptors (Lipinski definition) is 4. The number of carbonyl (C=O) groups is 1. The van der Waals surface area contributed by atoms with E-state index < -0.39 is 10.5 Å². The van der Waals surface area contributed by atoms with Crippen LogP contribution in [-0.2, 0) is 11.2 Å². The maximum atomic E-state index is 12.0. The molecule has 0 atom stereocenters. The molecule has 0 bridgehead atoms. The van der Waals surface area contributed by atoms with Crippen molar-refractivity contribution in [3.8, 4) is 0 Å². The van der Waals surface area contributed by atoms with E-state index in [-0.39, 0.29) is 24.6 Å². The highest BCUT2D eigenvalue weighted by Gasteiger charge is 2.26. The maximum Gasteiger partial charge on any atom is 0.269 e. The Morgan fingerprint density at radius 2 is 1.89 bits per heavy atom. The average molecular weight is 266 g/mol. The van der Waals surface area contributed by atoms with Crippen molar-refractivity contribution in [2.75, 3.05) is 13.7 Å². The molecular weight excluding hydrogens is 248 g/mol. The van der Waals surface area contributed by atoms with Gasteiger partial charge in [-0.1, -0.05) is 12.1 Å². The summed E-state index contributed by atoms with van der Waals surface area (Å²) in [7, 11) is 1.63. The van der Waals surface area contributed by atoms with E-state index in [1.165, 1.54) is 17.0 Å². The van der Waals surface area contributed by atoms with Gasteiger partial charge in [-0.05, 0) is 19.4 Å². The number of benzene rings is 1. The number of aliphatic hydroxyl groups is 1. The van der Waals surface area contributed by atoms with Crippen LogP contribution in [0.2, 0.25) is 0 Å². The predicted octanol–water partition coefficient (Wildman–Crippen LogP) is 1.37. The molecule has 0 aliphatic heterocycles. The van der Waals surface area contributed by atoms with Crippen molar-refractivity contribution < 1.29 is 14.8 Å². The van der Waals surface area contributed by atoms with Crippen molar-refractivity contribution >= 4 is 11.6 Å². The lowest BCUT2D eigenvalue weighted by Gasteiger charge is -2.34. The van der Waals surface area contributed by atoms with Crippen LogP contribution in [0.25, 0.3) is 0 Å². The van der Waals surface area contributed by atoms with E-state index in [1.807, 2.05) is 0 Å². The molecule has 0 saturated carbocycles. The molecule has 6 nitrogen and oxygen atoms in total. The van der Waals surface area contributed by atoms with Crippen LogP contribution in [0.3, 0.4) is 0 Å². The van der Waals surface area contributed by atoms with Crippen molar-refractivity contribution in [1.29, 1.82) is 0 Å². The molecule has 0 saturated heterocycles. The number of rotatable bonds is 5. The molecule has 0 fully saturated rings. The molecule has 1 amide bonds. The molecule has 6 heteroatoms. The van der Waals surface area contributed by atoms with Crippen LogP contribution in [-0.4, -0.2) is 40.0 Å². The van der Waals surface area contributed by atoms with Gasteiger partial charge in [0.2, 0.25) is 5.91 Å². The van der Waals surface area contributed by atoms with Crippen LogP contribution in [0.4, 0.5) is 5.69 Å². The number of hydrogen-bond donors (Lipinski definition) is 1. The Morgan fingerprint density at radius 3 is 2.32 bits per heavy atom. The van der Waals surface area contributed by atoms with Gasteiger partial charge in [0.25, 0.3) is 5.69 Å². The topological polar surface area (TPSA) is 83.7 Å². The monoisotopic (exact) mass is 266 g/mol. The van der Waals surface area contributed by atoms with Crippen molar-refractivity contribution in [2.24, 2.45) is 0 Å². The molecule has 1 aromatic carbocycles. The molecule has 0 radical (unpaired) electrons. The number of amides is 1. The zero-order valence-corrected chi connectivity index (χ0v) is 11.3. The number of nitro groups is 1. The summed E-state index contributed by atoms with van der Waals surface area (Å²) in [5.74, 6) is -0.145. The highest BCUT2D eigenvalue weighted by Crippen LogP contribution is 2.16. The summed E-state index contributed by atoms with van der Waals surface area (Å²) in [6.07, 6.45) is 0.151. The lowest BCUT2D eigenvalue weighted by Crippen LogP contribution is -2.48. The van der Waals surface area contributed by atoms with Gasteiger partial charge in [-0.2, -0.15) is 0 Å². The summed E-state index contributed by atoms with van der Waals surface area (Å²) >= 11 is 0. The first-order chi connectivity index (χ1) is 8.77. The number of aliphatic hydroxyl groups excluding tert-OH is 1. The third-order valence-corrected chi connectivity index (χ3v) is 3.17. The van der Waals surface area contributed by atoms with Crippen molar-refractivity contribution in [2.45, 2.75) is 25.8 Å². The molecule has 19 heavy (non-hydrogen) atoms. The zero-order valence-electron chi connectivity index (χ0n) is 11.3. The van der Waals surface area contributed by atoms with Crippen LogP contribution >= 0.6 is 0 Å². The first-order valence-corrected chi connectivity index (χ1v) is 5.89. The summed E-state index contributed by atoms with van der Waals surface area (Å²) in [6, 6.07) is 5.88. The van der Waals surface area contributed by atoms with E-state index in [0.29, 0.717) is 5.56 Å². The van der Waals surface area contributed by atoms with Gasteiger partial charge in [0.1, 0.15) is 0 Å². The van der Waals surface area contributed by atoms with Gasteiger partial charge in [-0.3, -0.25) is 14.9 Å². The molecule has 1 aromatic rings. The number of nitrogens with zero attached hydrogens (tertiary/aromatic N) is 2. The summed E-state index contributed by atoms with van der Waals surface area (Å²) in [5.41, 5.74) is 0.0779. The Kier molecular flexibility index (Phi) is 4.61. The lowest BCUT2D eigenvalue weighted by atomic mass is 10.0. The normalized spacial score (nSPS) is 11.2. The Labute approximate surface area is 111 Å². The van der Waals surface area contributed by atoms with Gasteiger partial charge in [-0.25, -0.2) is 0 Å². The highest BCUT2D eigenvalue weighted by molar-refractivity contribution is 5.79. The van der Waals surface area contributed by atoms with E-state index in [4.69, 9.17) is 0 Å². The first-order valence-electron chi connectivity index (χ1n) is 5.89. The van der Waals surface area contributed by atoms with Gasteiger partial charge in [0.15, 0.2) is 0 Å². The lowest BCUT2D eigenvalue weighted by molar-refractivity contribution is -0.384. The highest BCUT2D eigenvalue weighted by atomic mass is 16.6. The Hall–Kier alpha value is -1.95. The molecule has 0 aromatic heterocycles. The smallest absolute Gasteiger partial charge is 0.269 e. The van der Waals surface area contributed by atoms with Gasteiger partial charge in [-0.15, -0.1) is 0 Å². The minimum absolute atomic E-state index is 0.000224. The van der Waals surface area contributed by atoms with Crippen molar-refractivity contribution in [3.63, 3.8) is 0 Å². The van der Waals surface area contributed by atoms with Crippen LogP contribution < -0.4 is 0 Å². The quantitative estimate of drug-likeness (QED) is 0.644. The summed E-state index contributed by atoms with van der Waals surface area (Å²) in [4.78, 5) is 23.5. The largest absolute Gasteiger partial charge is 0.394 e. The second-order valence-electron chi connectivity index (χ2n) is 5.02. The summed E-state index contributed by atoms with van der Waals surface area (Å²) in [5, 5.41) is 19.7. The molecule has 0 aliphatic rings. The van der Waals surface area contributed by atoms with Crippen LogP contribution in [0.5, 0.6) is 0 Å². The second-order valence-corrected chi connectivity index (χ2v) is 5.02. The van der Waals surface area contributed by atoms with Gasteiger partial charge in [0, 0.05) is 19.2 Å². The predicted molar refractivity (Wildman–Crippen MR) is 70.7 cm³/mol.